The Morgan fingerprint density at radius 1 is 1.00 bits per heavy atom. The molecule has 2 nitrogen and oxygen atoms in total. The number of hydrogen-bond donors (Lipinski definition) is 0. The van der Waals surface area contributed by atoms with Crippen LogP contribution in [0, 0.1) is 14.9 Å². The van der Waals surface area contributed by atoms with Crippen LogP contribution in [0.15, 0.2) is 66.7 Å². The number of ether oxygens (including phenoxy) is 1. The van der Waals surface area contributed by atoms with Crippen molar-refractivity contribution in [3.63, 3.8) is 0 Å². The first-order chi connectivity index (χ1) is 13.0. The number of halogens is 3. The van der Waals surface area contributed by atoms with Gasteiger partial charge in [0.2, 0.25) is 0 Å². The lowest BCUT2D eigenvalue weighted by Crippen LogP contribution is -1.95. The highest BCUT2D eigenvalue weighted by Crippen LogP contribution is 2.28. The summed E-state index contributed by atoms with van der Waals surface area (Å²) in [5, 5.41) is 10.5. The molecule has 0 spiro atoms. The van der Waals surface area contributed by atoms with Crippen molar-refractivity contribution >= 4 is 57.4 Å². The van der Waals surface area contributed by atoms with Crippen LogP contribution in [-0.4, -0.2) is 0 Å². The molecule has 0 saturated carbocycles. The molecule has 0 fully saturated rings. The maximum absolute atomic E-state index is 9.48. The molecule has 0 unspecified atom stereocenters. The van der Waals surface area contributed by atoms with Gasteiger partial charge in [0.15, 0.2) is 0 Å². The first-order valence-corrected chi connectivity index (χ1v) is 9.93. The van der Waals surface area contributed by atoms with Crippen molar-refractivity contribution in [2.75, 3.05) is 0 Å². The Morgan fingerprint density at radius 2 is 1.70 bits per heavy atom. The van der Waals surface area contributed by atoms with Gasteiger partial charge in [-0.3, -0.25) is 0 Å². The van der Waals surface area contributed by atoms with Gasteiger partial charge < -0.3 is 4.74 Å². The summed E-state index contributed by atoms with van der Waals surface area (Å²) < 4.78 is 7.01. The predicted octanol–water partition coefficient (Wildman–Crippen LogP) is 7.24. The Balaban J connectivity index is 1.73. The standard InChI is InChI=1S/C22H14Cl2INO/c23-18-5-10-21(22(24)12-18)17(13-26)11-15-3-8-20(9-4-15)27-14-16-1-6-19(25)7-2-16/h1-12H,14H2/b17-11-. The number of allylic oxidation sites excluding steroid dienone is 1. The SMILES string of the molecule is N#C/C(=C/c1ccc(OCc2ccc(I)cc2)cc1)c1ccc(Cl)cc1Cl. The van der Waals surface area contributed by atoms with Crippen LogP contribution in [0.2, 0.25) is 10.0 Å². The number of nitriles is 1. The number of nitrogens with zero attached hydrogens (tertiary/aromatic N) is 1. The molecule has 0 aliphatic heterocycles. The van der Waals surface area contributed by atoms with Crippen LogP contribution in [0.3, 0.4) is 0 Å². The van der Waals surface area contributed by atoms with E-state index in [2.05, 4.69) is 40.8 Å². The zero-order valence-electron chi connectivity index (χ0n) is 14.1. The molecule has 3 aromatic rings. The van der Waals surface area contributed by atoms with Crippen LogP contribution < -0.4 is 4.74 Å². The van der Waals surface area contributed by atoms with Crippen molar-refractivity contribution in [2.45, 2.75) is 6.61 Å². The van der Waals surface area contributed by atoms with Crippen LogP contribution >= 0.6 is 45.8 Å². The van der Waals surface area contributed by atoms with Crippen molar-refractivity contribution in [3.8, 4) is 11.8 Å². The average Bonchev–Trinajstić information content (AvgIpc) is 2.67. The smallest absolute Gasteiger partial charge is 0.119 e. The lowest BCUT2D eigenvalue weighted by Gasteiger charge is -2.07. The molecule has 5 heteroatoms. The molecule has 0 saturated heterocycles. The van der Waals surface area contributed by atoms with Crippen molar-refractivity contribution in [1.29, 1.82) is 5.26 Å². The maximum atomic E-state index is 9.48. The molecule has 0 atom stereocenters. The van der Waals surface area contributed by atoms with E-state index < -0.39 is 0 Å². The van der Waals surface area contributed by atoms with Crippen LogP contribution in [0.4, 0.5) is 0 Å². The molecule has 0 bridgehead atoms. The summed E-state index contributed by atoms with van der Waals surface area (Å²) in [6.07, 6.45) is 1.79. The number of rotatable bonds is 5. The Bertz CT molecular complexity index is 1010. The summed E-state index contributed by atoms with van der Waals surface area (Å²) in [7, 11) is 0. The van der Waals surface area contributed by atoms with E-state index in [1.54, 1.807) is 24.3 Å². The molecule has 0 aromatic heterocycles. The van der Waals surface area contributed by atoms with Crippen LogP contribution in [0.1, 0.15) is 16.7 Å². The van der Waals surface area contributed by atoms with Crippen LogP contribution in [0.5, 0.6) is 5.75 Å². The van der Waals surface area contributed by atoms with E-state index in [4.69, 9.17) is 27.9 Å². The highest BCUT2D eigenvalue weighted by Gasteiger charge is 2.07. The van der Waals surface area contributed by atoms with E-state index >= 15 is 0 Å². The van der Waals surface area contributed by atoms with Gasteiger partial charge >= 0.3 is 0 Å². The van der Waals surface area contributed by atoms with E-state index in [-0.39, 0.29) is 0 Å². The summed E-state index contributed by atoms with van der Waals surface area (Å²) in [4.78, 5) is 0. The number of hydrogen-bond acceptors (Lipinski definition) is 2. The van der Waals surface area contributed by atoms with Gasteiger partial charge in [0.25, 0.3) is 0 Å². The lowest BCUT2D eigenvalue weighted by atomic mass is 10.0. The fraction of sp³-hybridized carbons (Fsp3) is 0.0455. The van der Waals surface area contributed by atoms with Gasteiger partial charge in [-0.05, 0) is 76.2 Å². The maximum Gasteiger partial charge on any atom is 0.119 e. The van der Waals surface area contributed by atoms with Gasteiger partial charge in [0.1, 0.15) is 12.4 Å². The zero-order valence-corrected chi connectivity index (χ0v) is 17.8. The van der Waals surface area contributed by atoms with E-state index in [9.17, 15) is 5.26 Å². The van der Waals surface area contributed by atoms with Crippen molar-refractivity contribution in [2.24, 2.45) is 0 Å². The Hall–Kier alpha value is -2.00. The van der Waals surface area contributed by atoms with Gasteiger partial charge in [0.05, 0.1) is 16.7 Å². The van der Waals surface area contributed by atoms with Crippen LogP contribution in [-0.2, 0) is 6.61 Å². The molecule has 0 aliphatic carbocycles. The first kappa shape index (κ1) is 19.8. The second-order valence-corrected chi connectivity index (χ2v) is 7.87. The third-order valence-electron chi connectivity index (χ3n) is 3.85. The summed E-state index contributed by atoms with van der Waals surface area (Å²) in [6, 6.07) is 23.1. The molecular formula is C22H14Cl2INO. The average molecular weight is 506 g/mol. The van der Waals surface area contributed by atoms with Crippen molar-refractivity contribution in [1.82, 2.24) is 0 Å². The Labute approximate surface area is 182 Å². The number of benzene rings is 3. The summed E-state index contributed by atoms with van der Waals surface area (Å²) >= 11 is 14.4. The minimum Gasteiger partial charge on any atom is -0.489 e. The summed E-state index contributed by atoms with van der Waals surface area (Å²) in [5.41, 5.74) is 3.13. The molecule has 27 heavy (non-hydrogen) atoms. The highest BCUT2D eigenvalue weighted by molar-refractivity contribution is 14.1. The Morgan fingerprint density at radius 3 is 2.33 bits per heavy atom. The normalized spacial score (nSPS) is 11.1. The van der Waals surface area contributed by atoms with Gasteiger partial charge in [-0.15, -0.1) is 0 Å². The van der Waals surface area contributed by atoms with Gasteiger partial charge in [-0.2, -0.15) is 5.26 Å². The molecule has 3 aromatic carbocycles. The minimum atomic E-state index is 0.452. The topological polar surface area (TPSA) is 33.0 Å². The van der Waals surface area contributed by atoms with Gasteiger partial charge in [-0.1, -0.05) is 53.5 Å². The monoisotopic (exact) mass is 505 g/mol. The van der Waals surface area contributed by atoms with E-state index in [1.165, 1.54) is 3.57 Å². The fourth-order valence-corrected chi connectivity index (χ4v) is 3.32. The fourth-order valence-electron chi connectivity index (χ4n) is 2.45. The second-order valence-electron chi connectivity index (χ2n) is 5.78. The largest absolute Gasteiger partial charge is 0.489 e. The van der Waals surface area contributed by atoms with E-state index in [1.807, 2.05) is 36.4 Å². The third-order valence-corrected chi connectivity index (χ3v) is 5.12. The predicted molar refractivity (Wildman–Crippen MR) is 120 cm³/mol. The Kier molecular flexibility index (Phi) is 6.78. The molecule has 0 radical (unpaired) electrons. The molecule has 0 N–H and O–H groups in total. The summed E-state index contributed by atoms with van der Waals surface area (Å²) in [6.45, 7) is 0.510. The van der Waals surface area contributed by atoms with Gasteiger partial charge in [-0.25, -0.2) is 0 Å². The molecule has 0 heterocycles. The van der Waals surface area contributed by atoms with Crippen molar-refractivity contribution < 1.29 is 4.74 Å². The highest BCUT2D eigenvalue weighted by atomic mass is 127. The second kappa shape index (κ2) is 9.27. The van der Waals surface area contributed by atoms with Crippen molar-refractivity contribution in [3.05, 3.63) is 97.0 Å². The van der Waals surface area contributed by atoms with Crippen LogP contribution in [0.25, 0.3) is 11.6 Å². The van der Waals surface area contributed by atoms with Gasteiger partial charge in [0, 0.05) is 14.2 Å². The molecular weight excluding hydrogens is 492 g/mol. The molecule has 134 valence electrons. The minimum absolute atomic E-state index is 0.452. The lowest BCUT2D eigenvalue weighted by molar-refractivity contribution is 0.306. The molecule has 3 rings (SSSR count). The van der Waals surface area contributed by atoms with E-state index in [0.29, 0.717) is 27.8 Å². The van der Waals surface area contributed by atoms with E-state index in [0.717, 1.165) is 16.9 Å². The molecule has 0 aliphatic rings. The zero-order chi connectivity index (χ0) is 19.2. The first-order valence-electron chi connectivity index (χ1n) is 8.10. The molecule has 0 amide bonds. The third kappa shape index (κ3) is 5.49. The summed E-state index contributed by atoms with van der Waals surface area (Å²) in [5.74, 6) is 0.772. The quantitative estimate of drug-likeness (QED) is 0.208.